The molecule has 1 aromatic carbocycles. The Hall–Kier alpha value is -2.12. The number of ether oxygens (including phenoxy) is 1. The molecule has 1 amide bonds. The molecule has 1 aromatic rings. The van der Waals surface area contributed by atoms with Crippen molar-refractivity contribution >= 4 is 17.6 Å². The molecule has 0 aliphatic carbocycles. The van der Waals surface area contributed by atoms with E-state index in [1.165, 1.54) is 0 Å². The number of morpholine rings is 1. The molecular weight excluding hydrogens is 334 g/mol. The highest BCUT2D eigenvalue weighted by Gasteiger charge is 2.22. The molecule has 0 radical (unpaired) electrons. The summed E-state index contributed by atoms with van der Waals surface area (Å²) in [4.78, 5) is 27.3. The van der Waals surface area contributed by atoms with Crippen LogP contribution < -0.4 is 10.2 Å². The molecule has 1 fully saturated rings. The van der Waals surface area contributed by atoms with Gasteiger partial charge in [-0.1, -0.05) is 32.0 Å². The van der Waals surface area contributed by atoms with Gasteiger partial charge in [-0.05, 0) is 18.1 Å². The second-order valence-corrected chi connectivity index (χ2v) is 7.04. The maximum atomic E-state index is 12.3. The highest BCUT2D eigenvalue weighted by molar-refractivity contribution is 5.84. The molecule has 7 heteroatoms. The van der Waals surface area contributed by atoms with Crippen molar-refractivity contribution in [2.24, 2.45) is 5.92 Å². The van der Waals surface area contributed by atoms with Crippen LogP contribution in [0.25, 0.3) is 0 Å². The van der Waals surface area contributed by atoms with Gasteiger partial charge in [0.05, 0.1) is 19.3 Å². The Labute approximate surface area is 154 Å². The summed E-state index contributed by atoms with van der Waals surface area (Å²) in [5, 5.41) is 12.0. The molecule has 2 rings (SSSR count). The normalized spacial score (nSPS) is 17.9. The Bertz CT molecular complexity index is 579. The fourth-order valence-electron chi connectivity index (χ4n) is 3.08. The minimum Gasteiger partial charge on any atom is -0.480 e. The van der Waals surface area contributed by atoms with Crippen LogP contribution in [0.15, 0.2) is 30.3 Å². The number of nitrogens with zero attached hydrogens (tertiary/aromatic N) is 2. The number of para-hydroxylation sites is 1. The highest BCUT2D eigenvalue weighted by atomic mass is 16.5. The van der Waals surface area contributed by atoms with E-state index < -0.39 is 5.97 Å². The molecule has 0 saturated carbocycles. The molecule has 1 aliphatic heterocycles. The zero-order valence-corrected chi connectivity index (χ0v) is 15.6. The lowest BCUT2D eigenvalue weighted by Gasteiger charge is -2.34. The predicted molar refractivity (Wildman–Crippen MR) is 100 cm³/mol. The van der Waals surface area contributed by atoms with Crippen molar-refractivity contribution in [2.45, 2.75) is 20.0 Å². The van der Waals surface area contributed by atoms with Crippen LogP contribution >= 0.6 is 0 Å². The monoisotopic (exact) mass is 363 g/mol. The summed E-state index contributed by atoms with van der Waals surface area (Å²) in [5.41, 5.74) is 0.710. The number of nitrogens with one attached hydrogen (secondary N) is 1. The molecule has 1 saturated heterocycles. The number of carbonyl (C=O) groups excluding carboxylic acids is 1. The number of carbonyl (C=O) groups is 2. The number of rotatable bonds is 9. The molecule has 0 spiro atoms. The number of carboxylic acid groups (broad SMARTS) is 1. The van der Waals surface area contributed by atoms with Crippen LogP contribution in [0.4, 0.5) is 5.69 Å². The van der Waals surface area contributed by atoms with Gasteiger partial charge in [-0.2, -0.15) is 0 Å². The fourth-order valence-corrected chi connectivity index (χ4v) is 3.08. The minimum absolute atomic E-state index is 0.00125. The lowest BCUT2D eigenvalue weighted by molar-refractivity contribution is -0.135. The maximum Gasteiger partial charge on any atom is 0.323 e. The van der Waals surface area contributed by atoms with Crippen molar-refractivity contribution < 1.29 is 19.4 Å². The van der Waals surface area contributed by atoms with Crippen molar-refractivity contribution in [1.29, 1.82) is 0 Å². The lowest BCUT2D eigenvalue weighted by atomic mass is 10.2. The van der Waals surface area contributed by atoms with Gasteiger partial charge in [-0.15, -0.1) is 0 Å². The molecule has 1 heterocycles. The summed E-state index contributed by atoms with van der Waals surface area (Å²) in [6.45, 7) is 8.00. The van der Waals surface area contributed by atoms with Crippen LogP contribution in [0.1, 0.15) is 13.8 Å². The van der Waals surface area contributed by atoms with E-state index in [2.05, 4.69) is 24.1 Å². The van der Waals surface area contributed by atoms with Crippen LogP contribution in [0.3, 0.4) is 0 Å². The number of benzene rings is 1. The molecule has 144 valence electrons. The average molecular weight is 363 g/mol. The summed E-state index contributed by atoms with van der Waals surface area (Å²) in [6, 6.07) is 9.09. The fraction of sp³-hybridized carbons (Fsp3) is 0.579. The Morgan fingerprint density at radius 3 is 2.69 bits per heavy atom. The third-order valence-corrected chi connectivity index (χ3v) is 4.16. The van der Waals surface area contributed by atoms with Gasteiger partial charge in [0.1, 0.15) is 6.54 Å². The first kappa shape index (κ1) is 20.2. The highest BCUT2D eigenvalue weighted by Crippen LogP contribution is 2.12. The summed E-state index contributed by atoms with van der Waals surface area (Å²) in [6.07, 6.45) is -0.0314. The number of anilines is 1. The molecule has 26 heavy (non-hydrogen) atoms. The quantitative estimate of drug-likeness (QED) is 0.683. The van der Waals surface area contributed by atoms with Crippen molar-refractivity contribution in [1.82, 2.24) is 10.2 Å². The third-order valence-electron chi connectivity index (χ3n) is 4.16. The first-order chi connectivity index (χ1) is 12.4. The van der Waals surface area contributed by atoms with Gasteiger partial charge in [0, 0.05) is 31.9 Å². The summed E-state index contributed by atoms with van der Waals surface area (Å²) < 4.78 is 5.73. The number of carboxylic acids is 1. The molecule has 7 nitrogen and oxygen atoms in total. The zero-order valence-electron chi connectivity index (χ0n) is 15.6. The van der Waals surface area contributed by atoms with Crippen molar-refractivity contribution in [3.05, 3.63) is 30.3 Å². The van der Waals surface area contributed by atoms with E-state index in [9.17, 15) is 9.59 Å². The summed E-state index contributed by atoms with van der Waals surface area (Å²) in [7, 11) is 0. The smallest absolute Gasteiger partial charge is 0.323 e. The Morgan fingerprint density at radius 1 is 1.31 bits per heavy atom. The van der Waals surface area contributed by atoms with Crippen molar-refractivity contribution in [3.63, 3.8) is 0 Å². The van der Waals surface area contributed by atoms with E-state index in [1.54, 1.807) is 17.0 Å². The third kappa shape index (κ3) is 7.01. The number of amides is 1. The first-order valence-corrected chi connectivity index (χ1v) is 9.06. The van der Waals surface area contributed by atoms with Gasteiger partial charge in [0.15, 0.2) is 0 Å². The largest absolute Gasteiger partial charge is 0.480 e. The van der Waals surface area contributed by atoms with Gasteiger partial charge in [0.25, 0.3) is 0 Å². The Morgan fingerprint density at radius 2 is 2.04 bits per heavy atom. The molecule has 0 bridgehead atoms. The summed E-state index contributed by atoms with van der Waals surface area (Å²) in [5.74, 6) is -0.583. The molecule has 1 aliphatic rings. The zero-order chi connectivity index (χ0) is 18.9. The SMILES string of the molecule is CC(C)CN1CCOC(CNC(=O)CN(CC(=O)O)c2ccccc2)C1. The Balaban J connectivity index is 1.83. The first-order valence-electron chi connectivity index (χ1n) is 9.06. The molecule has 0 aromatic heterocycles. The molecular formula is C19H29N3O4. The van der Waals surface area contributed by atoms with Crippen LogP contribution in [0.2, 0.25) is 0 Å². The average Bonchev–Trinajstić information content (AvgIpc) is 2.59. The number of aliphatic carboxylic acids is 1. The van der Waals surface area contributed by atoms with Gasteiger partial charge in [0.2, 0.25) is 5.91 Å². The van der Waals surface area contributed by atoms with E-state index in [0.717, 1.165) is 19.6 Å². The minimum atomic E-state index is -0.971. The van der Waals surface area contributed by atoms with Crippen molar-refractivity contribution in [3.8, 4) is 0 Å². The summed E-state index contributed by atoms with van der Waals surface area (Å²) >= 11 is 0. The van der Waals surface area contributed by atoms with E-state index >= 15 is 0 Å². The van der Waals surface area contributed by atoms with E-state index in [4.69, 9.17) is 9.84 Å². The second kappa shape index (κ2) is 10.1. The van der Waals surface area contributed by atoms with Crippen molar-refractivity contribution in [2.75, 3.05) is 50.8 Å². The standard InChI is InChI=1S/C19H29N3O4/c1-15(2)11-21-8-9-26-17(12-21)10-20-18(23)13-22(14-19(24)25)16-6-4-3-5-7-16/h3-7,15,17H,8-14H2,1-2H3,(H,20,23)(H,24,25). The van der Waals surface area contributed by atoms with Gasteiger partial charge >= 0.3 is 5.97 Å². The van der Waals surface area contributed by atoms with Gasteiger partial charge < -0.3 is 20.1 Å². The molecule has 1 atom stereocenters. The number of hydrogen-bond acceptors (Lipinski definition) is 5. The van der Waals surface area contributed by atoms with E-state index in [0.29, 0.717) is 24.8 Å². The second-order valence-electron chi connectivity index (χ2n) is 7.04. The Kier molecular flexibility index (Phi) is 7.87. The van der Waals surface area contributed by atoms with Crippen LogP contribution in [-0.4, -0.2) is 73.9 Å². The van der Waals surface area contributed by atoms with E-state index in [1.807, 2.05) is 18.2 Å². The predicted octanol–water partition coefficient (Wildman–Crippen LogP) is 1.05. The van der Waals surface area contributed by atoms with Crippen LogP contribution in [-0.2, 0) is 14.3 Å². The molecule has 1 unspecified atom stereocenters. The van der Waals surface area contributed by atoms with E-state index in [-0.39, 0.29) is 25.1 Å². The van der Waals surface area contributed by atoms with Crippen LogP contribution in [0.5, 0.6) is 0 Å². The van der Waals surface area contributed by atoms with Crippen LogP contribution in [0, 0.1) is 5.92 Å². The lowest BCUT2D eigenvalue weighted by Crippen LogP contribution is -2.49. The van der Waals surface area contributed by atoms with Gasteiger partial charge in [-0.25, -0.2) is 0 Å². The molecule has 2 N–H and O–H groups in total. The topological polar surface area (TPSA) is 82.1 Å². The number of hydrogen-bond donors (Lipinski definition) is 2. The van der Waals surface area contributed by atoms with Gasteiger partial charge in [-0.3, -0.25) is 14.5 Å². The maximum absolute atomic E-state index is 12.3.